The van der Waals surface area contributed by atoms with Crippen molar-refractivity contribution in [2.24, 2.45) is 0 Å². The number of nitrogens with zero attached hydrogens (tertiary/aromatic N) is 2. The number of hydrogen-bond donors (Lipinski definition) is 1. The van der Waals surface area contributed by atoms with Gasteiger partial charge in [-0.1, -0.05) is 36.4 Å². The summed E-state index contributed by atoms with van der Waals surface area (Å²) in [6.07, 6.45) is 2.77. The maximum Gasteiger partial charge on any atom is 0.270 e. The summed E-state index contributed by atoms with van der Waals surface area (Å²) in [6, 6.07) is 15.1. The Hall–Kier alpha value is -2.69. The number of carbonyl (C=O) groups is 2. The van der Waals surface area contributed by atoms with Gasteiger partial charge in [0.15, 0.2) is 0 Å². The van der Waals surface area contributed by atoms with Gasteiger partial charge in [0.1, 0.15) is 5.69 Å². The van der Waals surface area contributed by atoms with E-state index in [-0.39, 0.29) is 17.9 Å². The zero-order valence-corrected chi connectivity index (χ0v) is 12.8. The molecule has 1 aliphatic heterocycles. The van der Waals surface area contributed by atoms with Gasteiger partial charge in [-0.25, -0.2) is 0 Å². The predicted molar refractivity (Wildman–Crippen MR) is 86.8 cm³/mol. The molecule has 1 fully saturated rings. The van der Waals surface area contributed by atoms with E-state index in [4.69, 9.17) is 0 Å². The van der Waals surface area contributed by atoms with Gasteiger partial charge in [0, 0.05) is 25.7 Å². The fraction of sp³-hybridized carbons (Fsp3) is 0.278. The van der Waals surface area contributed by atoms with Crippen LogP contribution < -0.4 is 5.32 Å². The summed E-state index contributed by atoms with van der Waals surface area (Å²) >= 11 is 0. The third-order valence-electron chi connectivity index (χ3n) is 3.96. The van der Waals surface area contributed by atoms with E-state index in [1.54, 1.807) is 24.4 Å². The van der Waals surface area contributed by atoms with E-state index in [9.17, 15) is 9.59 Å². The molecule has 2 heterocycles. The average molecular weight is 309 g/mol. The highest BCUT2D eigenvalue weighted by atomic mass is 16.2. The number of nitrogens with one attached hydrogen (secondary N) is 1. The standard InChI is InChI=1S/C18H19N3O2/c22-17-12-15(20-18(23)16-8-4-5-10-19-16)13-21(17)11-9-14-6-2-1-3-7-14/h1-8,10,15H,9,11-13H2,(H,20,23)/t15-/m0/s1. The lowest BCUT2D eigenvalue weighted by molar-refractivity contribution is -0.127. The molecule has 0 saturated carbocycles. The van der Waals surface area contributed by atoms with Crippen molar-refractivity contribution in [1.29, 1.82) is 0 Å². The second kappa shape index (κ2) is 7.05. The molecule has 3 rings (SSSR count). The molecule has 0 unspecified atom stereocenters. The van der Waals surface area contributed by atoms with E-state index in [2.05, 4.69) is 22.4 Å². The molecule has 1 aliphatic rings. The van der Waals surface area contributed by atoms with Crippen LogP contribution in [0.1, 0.15) is 22.5 Å². The lowest BCUT2D eigenvalue weighted by atomic mass is 10.1. The van der Waals surface area contributed by atoms with Gasteiger partial charge in [-0.3, -0.25) is 14.6 Å². The number of amides is 2. The van der Waals surface area contributed by atoms with Crippen molar-refractivity contribution >= 4 is 11.8 Å². The SMILES string of the molecule is O=C(N[C@H]1CC(=O)N(CCc2ccccc2)C1)c1ccccn1. The first-order chi connectivity index (χ1) is 11.2. The van der Waals surface area contributed by atoms with Crippen LogP contribution >= 0.6 is 0 Å². The summed E-state index contributed by atoms with van der Waals surface area (Å²) in [5.74, 6) is -0.138. The van der Waals surface area contributed by atoms with Crippen molar-refractivity contribution in [1.82, 2.24) is 15.2 Å². The van der Waals surface area contributed by atoms with Crippen LogP contribution in [0.2, 0.25) is 0 Å². The Morgan fingerprint density at radius 3 is 2.70 bits per heavy atom. The van der Waals surface area contributed by atoms with Crippen LogP contribution in [0.5, 0.6) is 0 Å². The highest BCUT2D eigenvalue weighted by molar-refractivity contribution is 5.93. The van der Waals surface area contributed by atoms with E-state index in [0.29, 0.717) is 25.2 Å². The molecular formula is C18H19N3O2. The van der Waals surface area contributed by atoms with Crippen LogP contribution in [0.3, 0.4) is 0 Å². The van der Waals surface area contributed by atoms with Crippen molar-refractivity contribution in [2.75, 3.05) is 13.1 Å². The molecule has 5 nitrogen and oxygen atoms in total. The minimum atomic E-state index is -0.228. The summed E-state index contributed by atoms with van der Waals surface area (Å²) in [5.41, 5.74) is 1.59. The Morgan fingerprint density at radius 2 is 1.96 bits per heavy atom. The fourth-order valence-electron chi connectivity index (χ4n) is 2.75. The molecule has 2 aromatic rings. The monoisotopic (exact) mass is 309 g/mol. The van der Waals surface area contributed by atoms with Gasteiger partial charge in [0.05, 0.1) is 6.04 Å². The van der Waals surface area contributed by atoms with E-state index in [1.807, 2.05) is 23.1 Å². The van der Waals surface area contributed by atoms with Crippen LogP contribution in [-0.2, 0) is 11.2 Å². The van der Waals surface area contributed by atoms with Gasteiger partial charge < -0.3 is 10.2 Å². The smallest absolute Gasteiger partial charge is 0.270 e. The number of hydrogen-bond acceptors (Lipinski definition) is 3. The van der Waals surface area contributed by atoms with Gasteiger partial charge >= 0.3 is 0 Å². The van der Waals surface area contributed by atoms with Crippen LogP contribution in [0, 0.1) is 0 Å². The van der Waals surface area contributed by atoms with Crippen molar-refractivity contribution < 1.29 is 9.59 Å². The molecule has 0 spiro atoms. The minimum absolute atomic E-state index is 0.0900. The molecule has 1 atom stereocenters. The lowest BCUT2D eigenvalue weighted by Gasteiger charge is -2.17. The van der Waals surface area contributed by atoms with Crippen LogP contribution in [0.4, 0.5) is 0 Å². The summed E-state index contributed by atoms with van der Waals surface area (Å²) in [7, 11) is 0. The number of carbonyl (C=O) groups excluding carboxylic acids is 2. The molecule has 0 aliphatic carbocycles. The van der Waals surface area contributed by atoms with Crippen LogP contribution in [-0.4, -0.2) is 40.8 Å². The molecule has 1 aromatic heterocycles. The lowest BCUT2D eigenvalue weighted by Crippen LogP contribution is -2.37. The van der Waals surface area contributed by atoms with Crippen molar-refractivity contribution in [3.63, 3.8) is 0 Å². The molecule has 1 N–H and O–H groups in total. The number of benzene rings is 1. The van der Waals surface area contributed by atoms with Crippen molar-refractivity contribution in [3.8, 4) is 0 Å². The van der Waals surface area contributed by atoms with Crippen molar-refractivity contribution in [2.45, 2.75) is 18.9 Å². The summed E-state index contributed by atoms with van der Waals surface area (Å²) in [6.45, 7) is 1.24. The van der Waals surface area contributed by atoms with Crippen molar-refractivity contribution in [3.05, 3.63) is 66.0 Å². The van der Waals surface area contributed by atoms with Gasteiger partial charge in [-0.2, -0.15) is 0 Å². The number of rotatable bonds is 5. The van der Waals surface area contributed by atoms with E-state index >= 15 is 0 Å². The summed E-state index contributed by atoms with van der Waals surface area (Å²) in [4.78, 5) is 30.0. The van der Waals surface area contributed by atoms with Gasteiger partial charge in [0.2, 0.25) is 5.91 Å². The fourth-order valence-corrected chi connectivity index (χ4v) is 2.75. The molecular weight excluding hydrogens is 290 g/mol. The van der Waals surface area contributed by atoms with Gasteiger partial charge in [-0.05, 0) is 24.1 Å². The topological polar surface area (TPSA) is 62.3 Å². The maximum atomic E-state index is 12.1. The Labute approximate surface area is 135 Å². The molecule has 23 heavy (non-hydrogen) atoms. The van der Waals surface area contributed by atoms with Crippen LogP contribution in [0.15, 0.2) is 54.7 Å². The predicted octanol–water partition coefficient (Wildman–Crippen LogP) is 1.65. The Bertz CT molecular complexity index is 673. The quantitative estimate of drug-likeness (QED) is 0.913. The summed E-state index contributed by atoms with van der Waals surface area (Å²) < 4.78 is 0. The third kappa shape index (κ3) is 3.94. The van der Waals surface area contributed by atoms with E-state index in [1.165, 1.54) is 5.56 Å². The molecule has 1 saturated heterocycles. The molecule has 0 radical (unpaired) electrons. The first-order valence-corrected chi connectivity index (χ1v) is 7.76. The zero-order chi connectivity index (χ0) is 16.1. The van der Waals surface area contributed by atoms with E-state index in [0.717, 1.165) is 6.42 Å². The largest absolute Gasteiger partial charge is 0.346 e. The minimum Gasteiger partial charge on any atom is -0.346 e. The molecule has 118 valence electrons. The first-order valence-electron chi connectivity index (χ1n) is 7.76. The Morgan fingerprint density at radius 1 is 1.17 bits per heavy atom. The molecule has 2 amide bonds. The summed E-state index contributed by atoms with van der Waals surface area (Å²) in [5, 5.41) is 2.89. The second-order valence-electron chi connectivity index (χ2n) is 5.66. The normalized spacial score (nSPS) is 17.3. The molecule has 1 aromatic carbocycles. The Balaban J connectivity index is 1.52. The zero-order valence-electron chi connectivity index (χ0n) is 12.8. The second-order valence-corrected chi connectivity index (χ2v) is 5.66. The Kier molecular flexibility index (Phi) is 4.66. The molecule has 0 bridgehead atoms. The maximum absolute atomic E-state index is 12.1. The van der Waals surface area contributed by atoms with Gasteiger partial charge in [-0.15, -0.1) is 0 Å². The third-order valence-corrected chi connectivity index (χ3v) is 3.96. The van der Waals surface area contributed by atoms with Gasteiger partial charge in [0.25, 0.3) is 5.91 Å². The van der Waals surface area contributed by atoms with Crippen LogP contribution in [0.25, 0.3) is 0 Å². The first kappa shape index (κ1) is 15.2. The average Bonchev–Trinajstić information content (AvgIpc) is 2.94. The highest BCUT2D eigenvalue weighted by Crippen LogP contribution is 2.13. The van der Waals surface area contributed by atoms with E-state index < -0.39 is 0 Å². The number of likely N-dealkylation sites (tertiary alicyclic amines) is 1. The highest BCUT2D eigenvalue weighted by Gasteiger charge is 2.30. The molecule has 5 heteroatoms. The number of pyridine rings is 1. The number of aromatic nitrogens is 1.